The molecular weight excluding hydrogens is 242 g/mol. The van der Waals surface area contributed by atoms with Crippen LogP contribution in [0.25, 0.3) is 0 Å². The second-order valence-electron chi connectivity index (χ2n) is 5.50. The van der Waals surface area contributed by atoms with E-state index in [-0.39, 0.29) is 0 Å². The van der Waals surface area contributed by atoms with Crippen LogP contribution in [0.2, 0.25) is 0 Å². The van der Waals surface area contributed by atoms with Crippen LogP contribution in [0.4, 0.5) is 0 Å². The molecule has 4 heteroatoms. The van der Waals surface area contributed by atoms with E-state index in [0.29, 0.717) is 18.1 Å². The quantitative estimate of drug-likeness (QED) is 0.861. The molecule has 1 aromatic heterocycles. The van der Waals surface area contributed by atoms with Gasteiger partial charge >= 0.3 is 0 Å². The fraction of sp³-hybridized carbons (Fsp3) is 0.786. The standard InChI is InChI=1S/C14H25N3S/c1-9(8-13-6-5-7-15-13)16-10(2)14-11(3)17-12(4)18-14/h9-10,13,15-16H,5-8H2,1-4H3. The first kappa shape index (κ1) is 14.0. The SMILES string of the molecule is Cc1nc(C)c(C(C)NC(C)CC2CCCN2)s1. The monoisotopic (exact) mass is 267 g/mol. The van der Waals surface area contributed by atoms with E-state index >= 15 is 0 Å². The molecule has 1 saturated heterocycles. The average molecular weight is 267 g/mol. The Balaban J connectivity index is 1.86. The van der Waals surface area contributed by atoms with Crippen molar-refractivity contribution in [2.24, 2.45) is 0 Å². The van der Waals surface area contributed by atoms with Gasteiger partial charge in [-0.1, -0.05) is 0 Å². The highest BCUT2D eigenvalue weighted by atomic mass is 32.1. The Labute approximate surface area is 114 Å². The van der Waals surface area contributed by atoms with E-state index in [4.69, 9.17) is 0 Å². The molecule has 18 heavy (non-hydrogen) atoms. The third-order valence-corrected chi connectivity index (χ3v) is 4.92. The van der Waals surface area contributed by atoms with Gasteiger partial charge in [0.1, 0.15) is 0 Å². The Morgan fingerprint density at radius 3 is 2.78 bits per heavy atom. The zero-order valence-electron chi connectivity index (χ0n) is 11.9. The largest absolute Gasteiger partial charge is 0.314 e. The maximum absolute atomic E-state index is 4.51. The number of hydrogen-bond donors (Lipinski definition) is 2. The summed E-state index contributed by atoms with van der Waals surface area (Å²) in [6.07, 6.45) is 3.89. The maximum atomic E-state index is 4.51. The van der Waals surface area contributed by atoms with Gasteiger partial charge in [-0.05, 0) is 53.5 Å². The molecule has 0 saturated carbocycles. The average Bonchev–Trinajstić information content (AvgIpc) is 2.88. The first-order valence-electron chi connectivity index (χ1n) is 6.99. The van der Waals surface area contributed by atoms with Crippen molar-refractivity contribution >= 4 is 11.3 Å². The molecule has 2 heterocycles. The first-order chi connectivity index (χ1) is 8.56. The van der Waals surface area contributed by atoms with E-state index in [1.54, 1.807) is 0 Å². The molecule has 0 aromatic carbocycles. The summed E-state index contributed by atoms with van der Waals surface area (Å²) in [4.78, 5) is 5.90. The van der Waals surface area contributed by atoms with Crippen molar-refractivity contribution in [3.63, 3.8) is 0 Å². The van der Waals surface area contributed by atoms with E-state index < -0.39 is 0 Å². The van der Waals surface area contributed by atoms with Crippen molar-refractivity contribution in [1.29, 1.82) is 0 Å². The number of aryl methyl sites for hydroxylation is 2. The lowest BCUT2D eigenvalue weighted by Crippen LogP contribution is -2.35. The third kappa shape index (κ3) is 3.53. The summed E-state index contributed by atoms with van der Waals surface area (Å²) in [6, 6.07) is 1.68. The molecule has 0 amide bonds. The number of nitrogens with one attached hydrogen (secondary N) is 2. The lowest BCUT2D eigenvalue weighted by Gasteiger charge is -2.22. The Morgan fingerprint density at radius 2 is 2.22 bits per heavy atom. The van der Waals surface area contributed by atoms with Gasteiger partial charge in [0, 0.05) is 23.0 Å². The molecule has 3 unspecified atom stereocenters. The molecule has 0 spiro atoms. The maximum Gasteiger partial charge on any atom is 0.0900 e. The van der Waals surface area contributed by atoms with Crippen molar-refractivity contribution < 1.29 is 0 Å². The van der Waals surface area contributed by atoms with Crippen LogP contribution in [-0.4, -0.2) is 23.6 Å². The molecule has 2 rings (SSSR count). The zero-order valence-corrected chi connectivity index (χ0v) is 12.7. The molecule has 2 N–H and O–H groups in total. The van der Waals surface area contributed by atoms with Crippen molar-refractivity contribution in [1.82, 2.24) is 15.6 Å². The van der Waals surface area contributed by atoms with Crippen LogP contribution in [0.15, 0.2) is 0 Å². The summed E-state index contributed by atoms with van der Waals surface area (Å²) in [5, 5.41) is 8.44. The van der Waals surface area contributed by atoms with Crippen LogP contribution in [-0.2, 0) is 0 Å². The van der Waals surface area contributed by atoms with E-state index in [1.807, 2.05) is 11.3 Å². The fourth-order valence-corrected chi connectivity index (χ4v) is 3.84. The van der Waals surface area contributed by atoms with Crippen LogP contribution < -0.4 is 10.6 Å². The predicted octanol–water partition coefficient (Wildman–Crippen LogP) is 2.94. The molecule has 0 aliphatic carbocycles. The van der Waals surface area contributed by atoms with Crippen molar-refractivity contribution in [2.45, 2.75) is 65.1 Å². The van der Waals surface area contributed by atoms with Crippen LogP contribution in [0.5, 0.6) is 0 Å². The molecule has 1 fully saturated rings. The minimum Gasteiger partial charge on any atom is -0.314 e. The van der Waals surface area contributed by atoms with E-state index in [9.17, 15) is 0 Å². The van der Waals surface area contributed by atoms with Gasteiger partial charge in [-0.2, -0.15) is 0 Å². The molecule has 1 aliphatic heterocycles. The first-order valence-corrected chi connectivity index (χ1v) is 7.81. The van der Waals surface area contributed by atoms with Gasteiger partial charge in [-0.25, -0.2) is 4.98 Å². The zero-order chi connectivity index (χ0) is 13.1. The van der Waals surface area contributed by atoms with Crippen LogP contribution >= 0.6 is 11.3 Å². The van der Waals surface area contributed by atoms with Crippen molar-refractivity contribution in [3.8, 4) is 0 Å². The third-order valence-electron chi connectivity index (χ3n) is 3.67. The molecule has 0 radical (unpaired) electrons. The normalized spacial score (nSPS) is 23.2. The van der Waals surface area contributed by atoms with Gasteiger partial charge in [0.25, 0.3) is 0 Å². The summed E-state index contributed by atoms with van der Waals surface area (Å²) >= 11 is 1.82. The molecule has 0 bridgehead atoms. The highest BCUT2D eigenvalue weighted by Crippen LogP contribution is 2.25. The number of rotatable bonds is 5. The Kier molecular flexibility index (Phi) is 4.76. The van der Waals surface area contributed by atoms with E-state index in [1.165, 1.54) is 41.4 Å². The lowest BCUT2D eigenvalue weighted by atomic mass is 10.1. The van der Waals surface area contributed by atoms with E-state index in [2.05, 4.69) is 43.3 Å². The van der Waals surface area contributed by atoms with Crippen LogP contribution in [0, 0.1) is 13.8 Å². The molecule has 102 valence electrons. The van der Waals surface area contributed by atoms with Gasteiger partial charge in [0.05, 0.1) is 10.7 Å². The van der Waals surface area contributed by atoms with Gasteiger partial charge in [0.2, 0.25) is 0 Å². The fourth-order valence-electron chi connectivity index (χ4n) is 2.90. The predicted molar refractivity (Wildman–Crippen MR) is 78.2 cm³/mol. The van der Waals surface area contributed by atoms with Crippen molar-refractivity contribution in [3.05, 3.63) is 15.6 Å². The molecule has 1 aliphatic rings. The molecule has 3 atom stereocenters. The molecule has 3 nitrogen and oxygen atoms in total. The second kappa shape index (κ2) is 6.13. The Morgan fingerprint density at radius 1 is 1.44 bits per heavy atom. The van der Waals surface area contributed by atoms with Gasteiger partial charge < -0.3 is 10.6 Å². The summed E-state index contributed by atoms with van der Waals surface area (Å²) in [6.45, 7) is 9.93. The number of hydrogen-bond acceptors (Lipinski definition) is 4. The van der Waals surface area contributed by atoms with E-state index in [0.717, 1.165) is 0 Å². The second-order valence-corrected chi connectivity index (χ2v) is 6.74. The summed E-state index contributed by atoms with van der Waals surface area (Å²) in [5.41, 5.74) is 1.18. The van der Waals surface area contributed by atoms with Crippen molar-refractivity contribution in [2.75, 3.05) is 6.54 Å². The molecule has 1 aromatic rings. The van der Waals surface area contributed by atoms with Crippen LogP contribution in [0.3, 0.4) is 0 Å². The Hall–Kier alpha value is -0.450. The summed E-state index contributed by atoms with van der Waals surface area (Å²) in [7, 11) is 0. The highest BCUT2D eigenvalue weighted by Gasteiger charge is 2.19. The van der Waals surface area contributed by atoms with Gasteiger partial charge in [-0.3, -0.25) is 0 Å². The van der Waals surface area contributed by atoms with Gasteiger partial charge in [0.15, 0.2) is 0 Å². The topological polar surface area (TPSA) is 37.0 Å². The number of thiazole rings is 1. The summed E-state index contributed by atoms with van der Waals surface area (Å²) < 4.78 is 0. The van der Waals surface area contributed by atoms with Crippen LogP contribution in [0.1, 0.15) is 54.7 Å². The minimum atomic E-state index is 0.410. The van der Waals surface area contributed by atoms with Gasteiger partial charge in [-0.15, -0.1) is 11.3 Å². The Bertz CT molecular complexity index is 382. The minimum absolute atomic E-state index is 0.410. The lowest BCUT2D eigenvalue weighted by molar-refractivity contribution is 0.409. The summed E-state index contributed by atoms with van der Waals surface area (Å²) in [5.74, 6) is 0. The number of aromatic nitrogens is 1. The molecular formula is C14H25N3S. The smallest absolute Gasteiger partial charge is 0.0900 e. The highest BCUT2D eigenvalue weighted by molar-refractivity contribution is 7.11. The number of nitrogens with zero attached hydrogens (tertiary/aromatic N) is 1.